The van der Waals surface area contributed by atoms with Gasteiger partial charge in [0.2, 0.25) is 11.8 Å². The molecular formula is C21H26N4O3S. The fraction of sp³-hybridized carbons (Fsp3) is 0.381. The summed E-state index contributed by atoms with van der Waals surface area (Å²) in [7, 11) is 0. The van der Waals surface area contributed by atoms with Crippen LogP contribution in [0.1, 0.15) is 27.9 Å². The van der Waals surface area contributed by atoms with Crippen molar-refractivity contribution in [3.8, 4) is 0 Å². The molecule has 1 aliphatic heterocycles. The fourth-order valence-corrected chi connectivity index (χ4v) is 4.16. The van der Waals surface area contributed by atoms with E-state index in [0.29, 0.717) is 43.0 Å². The van der Waals surface area contributed by atoms with Crippen molar-refractivity contribution in [1.29, 1.82) is 0 Å². The second-order valence-corrected chi connectivity index (χ2v) is 8.07. The van der Waals surface area contributed by atoms with Gasteiger partial charge in [-0.25, -0.2) is 0 Å². The molecule has 8 heteroatoms. The predicted octanol–water partition coefficient (Wildman–Crippen LogP) is 1.87. The van der Waals surface area contributed by atoms with E-state index in [1.165, 1.54) is 11.3 Å². The van der Waals surface area contributed by atoms with Crippen molar-refractivity contribution < 1.29 is 14.4 Å². The number of piperazine rings is 1. The van der Waals surface area contributed by atoms with Crippen LogP contribution in [0.15, 0.2) is 35.7 Å². The molecule has 0 saturated carbocycles. The topological polar surface area (TPSA) is 95.7 Å². The van der Waals surface area contributed by atoms with Crippen molar-refractivity contribution in [2.75, 3.05) is 38.0 Å². The molecule has 0 unspecified atom stereocenters. The first-order valence-corrected chi connectivity index (χ1v) is 10.5. The van der Waals surface area contributed by atoms with E-state index in [2.05, 4.69) is 10.2 Å². The van der Waals surface area contributed by atoms with Gasteiger partial charge in [-0.2, -0.15) is 0 Å². The summed E-state index contributed by atoms with van der Waals surface area (Å²) in [4.78, 5) is 40.2. The number of amides is 3. The minimum Gasteiger partial charge on any atom is -0.366 e. The maximum Gasteiger partial charge on any atom is 0.251 e. The van der Waals surface area contributed by atoms with Gasteiger partial charge >= 0.3 is 0 Å². The summed E-state index contributed by atoms with van der Waals surface area (Å²) < 4.78 is 0. The molecule has 1 saturated heterocycles. The van der Waals surface area contributed by atoms with E-state index in [0.717, 1.165) is 24.2 Å². The Kier molecular flexibility index (Phi) is 7.00. The van der Waals surface area contributed by atoms with Crippen molar-refractivity contribution in [1.82, 2.24) is 9.80 Å². The summed E-state index contributed by atoms with van der Waals surface area (Å²) >= 11 is 1.28. The molecule has 3 rings (SSSR count). The first-order chi connectivity index (χ1) is 13.9. The molecule has 1 fully saturated rings. The summed E-state index contributed by atoms with van der Waals surface area (Å²) in [5, 5.41) is 4.98. The number of primary amides is 1. The second kappa shape index (κ2) is 9.67. The van der Waals surface area contributed by atoms with Crippen LogP contribution >= 0.6 is 11.3 Å². The van der Waals surface area contributed by atoms with Crippen molar-refractivity contribution in [3.05, 3.63) is 52.4 Å². The predicted molar refractivity (Wildman–Crippen MR) is 114 cm³/mol. The Hall–Kier alpha value is -2.71. The van der Waals surface area contributed by atoms with Crippen LogP contribution in [0.25, 0.3) is 0 Å². The van der Waals surface area contributed by atoms with E-state index in [1.54, 1.807) is 11.4 Å². The molecule has 0 aliphatic carbocycles. The molecule has 1 aromatic carbocycles. The standard InChI is InChI=1S/C21H26N4O3S/c1-15-4-2-3-5-16(15)14-19(27)25-11-9-24(10-12-25)8-6-18(26)23-21-17(20(22)28)7-13-29-21/h2-5,7,13H,6,8-12,14H2,1H3,(H2,22,28)(H,23,26). The van der Waals surface area contributed by atoms with E-state index < -0.39 is 5.91 Å². The summed E-state index contributed by atoms with van der Waals surface area (Å²) in [5.74, 6) is -0.547. The molecule has 1 aromatic heterocycles. The van der Waals surface area contributed by atoms with Crippen molar-refractivity contribution in [2.24, 2.45) is 5.73 Å². The van der Waals surface area contributed by atoms with E-state index in [9.17, 15) is 14.4 Å². The van der Waals surface area contributed by atoms with Crippen LogP contribution < -0.4 is 11.1 Å². The fourth-order valence-electron chi connectivity index (χ4n) is 3.35. The van der Waals surface area contributed by atoms with Crippen LogP contribution in [0.5, 0.6) is 0 Å². The zero-order valence-electron chi connectivity index (χ0n) is 16.5. The van der Waals surface area contributed by atoms with E-state index in [4.69, 9.17) is 5.73 Å². The second-order valence-electron chi connectivity index (χ2n) is 7.15. The third-order valence-corrected chi connectivity index (χ3v) is 6.00. The third kappa shape index (κ3) is 5.65. The maximum absolute atomic E-state index is 12.6. The molecule has 2 aromatic rings. The number of rotatable bonds is 7. The van der Waals surface area contributed by atoms with Crippen LogP contribution in [0, 0.1) is 6.92 Å². The minimum atomic E-state index is -0.548. The van der Waals surface area contributed by atoms with Crippen LogP contribution in [-0.4, -0.2) is 60.2 Å². The number of nitrogens with one attached hydrogen (secondary N) is 1. The largest absolute Gasteiger partial charge is 0.366 e. The van der Waals surface area contributed by atoms with Gasteiger partial charge in [0.1, 0.15) is 5.00 Å². The zero-order chi connectivity index (χ0) is 20.8. The van der Waals surface area contributed by atoms with Crippen molar-refractivity contribution in [3.63, 3.8) is 0 Å². The van der Waals surface area contributed by atoms with Gasteiger partial charge in [0, 0.05) is 39.1 Å². The Labute approximate surface area is 174 Å². The van der Waals surface area contributed by atoms with Crippen molar-refractivity contribution in [2.45, 2.75) is 19.8 Å². The Morgan fingerprint density at radius 1 is 1.10 bits per heavy atom. The lowest BCUT2D eigenvalue weighted by Gasteiger charge is -2.34. The number of thiophene rings is 1. The first-order valence-electron chi connectivity index (χ1n) is 9.66. The number of hydrogen-bond donors (Lipinski definition) is 2. The van der Waals surface area contributed by atoms with Gasteiger partial charge < -0.3 is 16.0 Å². The molecule has 0 radical (unpaired) electrons. The van der Waals surface area contributed by atoms with Crippen molar-refractivity contribution >= 4 is 34.1 Å². The molecule has 1 aliphatic rings. The number of anilines is 1. The normalized spacial score (nSPS) is 14.6. The molecule has 3 N–H and O–H groups in total. The lowest BCUT2D eigenvalue weighted by atomic mass is 10.1. The molecule has 0 atom stereocenters. The van der Waals surface area contributed by atoms with Gasteiger partial charge in [-0.15, -0.1) is 11.3 Å². The molecular weight excluding hydrogens is 388 g/mol. The molecule has 0 spiro atoms. The third-order valence-electron chi connectivity index (χ3n) is 5.17. The molecule has 3 amide bonds. The number of nitrogens with two attached hydrogens (primary N) is 1. The van der Waals surface area contributed by atoms with Crippen LogP contribution in [-0.2, 0) is 16.0 Å². The van der Waals surface area contributed by atoms with E-state index in [1.807, 2.05) is 36.1 Å². The summed E-state index contributed by atoms with van der Waals surface area (Å²) in [6.07, 6.45) is 0.755. The van der Waals surface area contributed by atoms with Gasteiger partial charge in [-0.05, 0) is 29.5 Å². The van der Waals surface area contributed by atoms with E-state index >= 15 is 0 Å². The Morgan fingerprint density at radius 2 is 1.83 bits per heavy atom. The number of benzene rings is 1. The number of carbonyl (C=O) groups excluding carboxylic acids is 3. The summed E-state index contributed by atoms with van der Waals surface area (Å²) in [5.41, 5.74) is 7.84. The number of aryl methyl sites for hydroxylation is 1. The van der Waals surface area contributed by atoms with Crippen LogP contribution in [0.2, 0.25) is 0 Å². The minimum absolute atomic E-state index is 0.145. The Balaban J connectivity index is 1.41. The van der Waals surface area contributed by atoms with Crippen LogP contribution in [0.3, 0.4) is 0 Å². The average molecular weight is 415 g/mol. The Bertz CT molecular complexity index is 888. The van der Waals surface area contributed by atoms with Crippen LogP contribution in [0.4, 0.5) is 5.00 Å². The highest BCUT2D eigenvalue weighted by molar-refractivity contribution is 7.14. The molecule has 0 bridgehead atoms. The average Bonchev–Trinajstić information content (AvgIpc) is 3.17. The smallest absolute Gasteiger partial charge is 0.251 e. The lowest BCUT2D eigenvalue weighted by Crippen LogP contribution is -2.49. The summed E-state index contributed by atoms with van der Waals surface area (Å²) in [6, 6.07) is 9.57. The summed E-state index contributed by atoms with van der Waals surface area (Å²) in [6.45, 7) is 5.47. The zero-order valence-corrected chi connectivity index (χ0v) is 17.3. The molecule has 154 valence electrons. The highest BCUT2D eigenvalue weighted by Gasteiger charge is 2.22. The number of hydrogen-bond acceptors (Lipinski definition) is 5. The maximum atomic E-state index is 12.6. The highest BCUT2D eigenvalue weighted by atomic mass is 32.1. The Morgan fingerprint density at radius 3 is 2.52 bits per heavy atom. The van der Waals surface area contributed by atoms with Gasteiger partial charge in [-0.1, -0.05) is 24.3 Å². The quantitative estimate of drug-likeness (QED) is 0.723. The lowest BCUT2D eigenvalue weighted by molar-refractivity contribution is -0.132. The highest BCUT2D eigenvalue weighted by Crippen LogP contribution is 2.22. The number of carbonyl (C=O) groups is 3. The first kappa shape index (κ1) is 21.0. The molecule has 29 heavy (non-hydrogen) atoms. The van der Waals surface area contributed by atoms with E-state index in [-0.39, 0.29) is 11.8 Å². The number of nitrogens with zero attached hydrogens (tertiary/aromatic N) is 2. The SMILES string of the molecule is Cc1ccccc1CC(=O)N1CCN(CCC(=O)Nc2sccc2C(N)=O)CC1. The van der Waals surface area contributed by atoms with Gasteiger partial charge in [-0.3, -0.25) is 19.3 Å². The molecule has 7 nitrogen and oxygen atoms in total. The van der Waals surface area contributed by atoms with Gasteiger partial charge in [0.25, 0.3) is 5.91 Å². The molecule has 2 heterocycles. The van der Waals surface area contributed by atoms with Gasteiger partial charge in [0.05, 0.1) is 12.0 Å². The monoisotopic (exact) mass is 414 g/mol. The van der Waals surface area contributed by atoms with Gasteiger partial charge in [0.15, 0.2) is 0 Å².